The number of aromatic nitrogens is 4. The van der Waals surface area contributed by atoms with Crippen LogP contribution in [0.1, 0.15) is 10.6 Å². The van der Waals surface area contributed by atoms with Crippen molar-refractivity contribution in [1.29, 1.82) is 0 Å². The van der Waals surface area contributed by atoms with Crippen LogP contribution in [0.3, 0.4) is 0 Å². The quantitative estimate of drug-likeness (QED) is 0.443. The Balaban J connectivity index is 1.66. The average Bonchev–Trinajstić information content (AvgIpc) is 3.27. The van der Waals surface area contributed by atoms with Crippen molar-refractivity contribution >= 4 is 44.4 Å². The summed E-state index contributed by atoms with van der Waals surface area (Å²) >= 11 is 5.03. The zero-order valence-electron chi connectivity index (χ0n) is 14.6. The van der Waals surface area contributed by atoms with Crippen LogP contribution in [-0.2, 0) is 0 Å². The molecule has 0 N–H and O–H groups in total. The normalized spacial score (nSPS) is 11.4. The molecule has 0 fully saturated rings. The summed E-state index contributed by atoms with van der Waals surface area (Å²) in [5.74, 6) is 2.10. The molecule has 8 heteroatoms. The molecular formula is C19H15BrN4O2S. The lowest BCUT2D eigenvalue weighted by Gasteiger charge is -2.07. The molecule has 27 heavy (non-hydrogen) atoms. The highest BCUT2D eigenvalue weighted by Crippen LogP contribution is 2.30. The first kappa shape index (κ1) is 17.7. The lowest BCUT2D eigenvalue weighted by molar-refractivity contribution is 0.355. The first-order chi connectivity index (χ1) is 13.2. The van der Waals surface area contributed by atoms with Crippen molar-refractivity contribution in [3.63, 3.8) is 0 Å². The van der Waals surface area contributed by atoms with Crippen LogP contribution in [0.4, 0.5) is 0 Å². The fourth-order valence-corrected chi connectivity index (χ4v) is 3.84. The lowest BCUT2D eigenvalue weighted by atomic mass is 10.2. The zero-order valence-corrected chi connectivity index (χ0v) is 17.0. The molecule has 0 radical (unpaired) electrons. The van der Waals surface area contributed by atoms with Gasteiger partial charge in [0.2, 0.25) is 4.96 Å². The van der Waals surface area contributed by atoms with Crippen LogP contribution in [0.5, 0.6) is 11.5 Å². The number of nitrogens with zero attached hydrogens (tertiary/aromatic N) is 4. The number of ether oxygens (including phenoxy) is 2. The topological polar surface area (TPSA) is 61.5 Å². The van der Waals surface area contributed by atoms with E-state index in [1.807, 2.05) is 54.6 Å². The van der Waals surface area contributed by atoms with Gasteiger partial charge in [0.15, 0.2) is 17.3 Å². The lowest BCUT2D eigenvalue weighted by Crippen LogP contribution is -1.91. The summed E-state index contributed by atoms with van der Waals surface area (Å²) in [6.07, 6.45) is 3.93. The van der Waals surface area contributed by atoms with E-state index in [0.29, 0.717) is 17.3 Å². The van der Waals surface area contributed by atoms with Crippen LogP contribution in [0.25, 0.3) is 28.5 Å². The third-order valence-corrected chi connectivity index (χ3v) is 5.50. The fourth-order valence-electron chi connectivity index (χ4n) is 2.63. The Labute approximate surface area is 168 Å². The molecule has 0 saturated carbocycles. The summed E-state index contributed by atoms with van der Waals surface area (Å²) in [5.41, 5.74) is 1.94. The van der Waals surface area contributed by atoms with Crippen molar-refractivity contribution in [2.75, 3.05) is 14.2 Å². The second-order valence-corrected chi connectivity index (χ2v) is 7.43. The van der Waals surface area contributed by atoms with Crippen molar-refractivity contribution in [3.8, 4) is 22.9 Å². The number of methoxy groups -OCH3 is 2. The Morgan fingerprint density at radius 1 is 1.00 bits per heavy atom. The van der Waals surface area contributed by atoms with E-state index in [1.165, 1.54) is 11.3 Å². The Hall–Kier alpha value is -2.71. The van der Waals surface area contributed by atoms with E-state index in [0.717, 1.165) is 25.6 Å². The van der Waals surface area contributed by atoms with Gasteiger partial charge in [-0.2, -0.15) is 9.61 Å². The maximum atomic E-state index is 5.34. The third-order valence-electron chi connectivity index (χ3n) is 3.95. The number of fused-ring (bicyclic) bond motifs is 1. The maximum Gasteiger partial charge on any atom is 0.235 e. The molecule has 0 bridgehead atoms. The average molecular weight is 443 g/mol. The molecule has 0 saturated heterocycles. The monoisotopic (exact) mass is 442 g/mol. The van der Waals surface area contributed by atoms with E-state index in [1.54, 1.807) is 18.7 Å². The van der Waals surface area contributed by atoms with Crippen molar-refractivity contribution in [2.24, 2.45) is 0 Å². The molecule has 0 aliphatic rings. The van der Waals surface area contributed by atoms with E-state index < -0.39 is 0 Å². The summed E-state index contributed by atoms with van der Waals surface area (Å²) in [6, 6.07) is 13.6. The molecule has 0 atom stereocenters. The Morgan fingerprint density at radius 3 is 2.59 bits per heavy atom. The molecule has 136 valence electrons. The summed E-state index contributed by atoms with van der Waals surface area (Å²) in [6.45, 7) is 0. The highest BCUT2D eigenvalue weighted by molar-refractivity contribution is 9.10. The van der Waals surface area contributed by atoms with Gasteiger partial charge in [-0.15, -0.1) is 10.2 Å². The first-order valence-electron chi connectivity index (χ1n) is 8.07. The molecule has 4 rings (SSSR count). The molecule has 4 aromatic rings. The number of rotatable bonds is 5. The van der Waals surface area contributed by atoms with Gasteiger partial charge < -0.3 is 9.47 Å². The van der Waals surface area contributed by atoms with Gasteiger partial charge in [0.1, 0.15) is 5.01 Å². The van der Waals surface area contributed by atoms with Crippen molar-refractivity contribution in [3.05, 3.63) is 57.5 Å². The van der Waals surface area contributed by atoms with E-state index >= 15 is 0 Å². The van der Waals surface area contributed by atoms with Gasteiger partial charge in [-0.3, -0.25) is 0 Å². The highest BCUT2D eigenvalue weighted by atomic mass is 79.9. The Bertz CT molecular complexity index is 1140. The van der Waals surface area contributed by atoms with E-state index in [4.69, 9.17) is 9.47 Å². The summed E-state index contributed by atoms with van der Waals surface area (Å²) in [7, 11) is 3.24. The second kappa shape index (κ2) is 7.50. The van der Waals surface area contributed by atoms with Crippen LogP contribution in [0, 0.1) is 0 Å². The van der Waals surface area contributed by atoms with E-state index in [9.17, 15) is 0 Å². The SMILES string of the molecule is COc1ccc(/C=C/c2nn3c(-c4ccccc4Br)nnc3s2)cc1OC. The predicted molar refractivity (Wildman–Crippen MR) is 110 cm³/mol. The highest BCUT2D eigenvalue weighted by Gasteiger charge is 2.14. The van der Waals surface area contributed by atoms with Crippen LogP contribution in [-0.4, -0.2) is 34.0 Å². The smallest absolute Gasteiger partial charge is 0.235 e. The molecule has 2 heterocycles. The fraction of sp³-hybridized carbons (Fsp3) is 0.105. The van der Waals surface area contributed by atoms with Crippen molar-refractivity contribution in [1.82, 2.24) is 19.8 Å². The zero-order chi connectivity index (χ0) is 18.8. The number of halogens is 1. The van der Waals surface area contributed by atoms with E-state index in [-0.39, 0.29) is 0 Å². The Kier molecular flexibility index (Phi) is 4.91. The number of hydrogen-bond acceptors (Lipinski definition) is 6. The number of benzene rings is 2. The summed E-state index contributed by atoms with van der Waals surface area (Å²) in [4.78, 5) is 0.743. The van der Waals surface area contributed by atoms with Crippen LogP contribution in [0.15, 0.2) is 46.9 Å². The standard InChI is InChI=1S/C19H15BrN4O2S/c1-25-15-9-7-12(11-16(15)26-2)8-10-17-23-24-18(21-22-19(24)27-17)13-5-3-4-6-14(13)20/h3-11H,1-2H3/b10-8+. The van der Waals surface area contributed by atoms with Crippen LogP contribution < -0.4 is 9.47 Å². The number of hydrogen-bond donors (Lipinski definition) is 0. The molecule has 0 aliphatic heterocycles. The van der Waals surface area contributed by atoms with Crippen LogP contribution in [0.2, 0.25) is 0 Å². The molecule has 0 spiro atoms. The Morgan fingerprint density at radius 2 is 1.81 bits per heavy atom. The van der Waals surface area contributed by atoms with Gasteiger partial charge in [0.25, 0.3) is 0 Å². The molecular weight excluding hydrogens is 428 g/mol. The molecule has 2 aromatic carbocycles. The van der Waals surface area contributed by atoms with Gasteiger partial charge in [-0.1, -0.05) is 51.5 Å². The summed E-state index contributed by atoms with van der Waals surface area (Å²) in [5, 5.41) is 14.0. The largest absolute Gasteiger partial charge is 0.493 e. The van der Waals surface area contributed by atoms with Crippen molar-refractivity contribution in [2.45, 2.75) is 0 Å². The first-order valence-corrected chi connectivity index (χ1v) is 9.68. The molecule has 0 aliphatic carbocycles. The second-order valence-electron chi connectivity index (χ2n) is 5.59. The third kappa shape index (κ3) is 3.45. The predicted octanol–water partition coefficient (Wildman–Crippen LogP) is 4.80. The molecule has 2 aromatic heterocycles. The molecule has 0 unspecified atom stereocenters. The van der Waals surface area contributed by atoms with Crippen molar-refractivity contribution < 1.29 is 9.47 Å². The minimum Gasteiger partial charge on any atom is -0.493 e. The van der Waals surface area contributed by atoms with Gasteiger partial charge in [-0.25, -0.2) is 0 Å². The van der Waals surface area contributed by atoms with Crippen LogP contribution >= 0.6 is 27.3 Å². The van der Waals surface area contributed by atoms with Gasteiger partial charge in [0, 0.05) is 10.0 Å². The minimum atomic E-state index is 0.689. The van der Waals surface area contributed by atoms with Gasteiger partial charge in [0.05, 0.1) is 14.2 Å². The van der Waals surface area contributed by atoms with E-state index in [2.05, 4.69) is 31.2 Å². The maximum absolute atomic E-state index is 5.34. The summed E-state index contributed by atoms with van der Waals surface area (Å²) < 4.78 is 13.3. The minimum absolute atomic E-state index is 0.689. The van der Waals surface area contributed by atoms with Gasteiger partial charge in [-0.05, 0) is 35.9 Å². The molecule has 0 amide bonds. The molecule has 6 nitrogen and oxygen atoms in total. The van der Waals surface area contributed by atoms with Gasteiger partial charge >= 0.3 is 0 Å².